The van der Waals surface area contributed by atoms with E-state index in [1.54, 1.807) is 13.2 Å². The average Bonchev–Trinajstić information content (AvgIpc) is 2.80. The van der Waals surface area contributed by atoms with Crippen LogP contribution in [0.1, 0.15) is 49.7 Å². The van der Waals surface area contributed by atoms with Gasteiger partial charge in [-0.1, -0.05) is 30.8 Å². The van der Waals surface area contributed by atoms with Crippen molar-refractivity contribution in [2.75, 3.05) is 7.11 Å². The van der Waals surface area contributed by atoms with Crippen LogP contribution in [0.25, 0.3) is 0 Å². The largest absolute Gasteiger partial charge is 0.496 e. The number of nitrogens with two attached hydrogens (primary N) is 1. The van der Waals surface area contributed by atoms with Gasteiger partial charge in [0.1, 0.15) is 5.75 Å². The highest BCUT2D eigenvalue weighted by Crippen LogP contribution is 2.25. The van der Waals surface area contributed by atoms with Crippen LogP contribution in [0.2, 0.25) is 0 Å². The van der Waals surface area contributed by atoms with Crippen LogP contribution in [0.4, 0.5) is 0 Å². The van der Waals surface area contributed by atoms with Gasteiger partial charge in [0, 0.05) is 11.1 Å². The zero-order chi connectivity index (χ0) is 15.1. The van der Waals surface area contributed by atoms with Gasteiger partial charge in [-0.2, -0.15) is 0 Å². The highest BCUT2D eigenvalue weighted by Gasteiger charge is 2.14. The van der Waals surface area contributed by atoms with E-state index in [-0.39, 0.29) is 5.84 Å². The van der Waals surface area contributed by atoms with Crippen molar-refractivity contribution in [1.29, 1.82) is 0 Å². The van der Waals surface area contributed by atoms with Gasteiger partial charge in [0.05, 0.1) is 19.8 Å². The second-order valence-corrected chi connectivity index (χ2v) is 5.44. The number of nitrogens with zero attached hydrogens (tertiary/aromatic N) is 1. The summed E-state index contributed by atoms with van der Waals surface area (Å²) >= 11 is 0. The molecule has 0 bridgehead atoms. The molecule has 0 amide bonds. The minimum atomic E-state index is 0.0911. The Bertz CT molecular complexity index is 480. The molecule has 0 aromatic heterocycles. The van der Waals surface area contributed by atoms with Crippen LogP contribution in [-0.2, 0) is 11.3 Å². The normalized spacial score (nSPS) is 17.5. The topological polar surface area (TPSA) is 77.1 Å². The van der Waals surface area contributed by atoms with Gasteiger partial charge in [-0.15, -0.1) is 0 Å². The lowest BCUT2D eigenvalue weighted by atomic mass is 10.1. The zero-order valence-electron chi connectivity index (χ0n) is 12.5. The Balaban J connectivity index is 2.06. The lowest BCUT2D eigenvalue weighted by Gasteiger charge is -2.17. The zero-order valence-corrected chi connectivity index (χ0v) is 12.5. The third-order valence-corrected chi connectivity index (χ3v) is 3.96. The van der Waals surface area contributed by atoms with Crippen molar-refractivity contribution >= 4 is 5.84 Å². The fourth-order valence-electron chi connectivity index (χ4n) is 2.72. The molecular weight excluding hydrogens is 268 g/mol. The molecule has 1 saturated carbocycles. The Morgan fingerprint density at radius 2 is 2.00 bits per heavy atom. The lowest BCUT2D eigenvalue weighted by Crippen LogP contribution is -2.15. The molecular formula is C16H24N2O3. The van der Waals surface area contributed by atoms with E-state index in [9.17, 15) is 0 Å². The van der Waals surface area contributed by atoms with Crippen molar-refractivity contribution in [2.45, 2.75) is 51.2 Å². The van der Waals surface area contributed by atoms with E-state index in [0.717, 1.165) is 24.2 Å². The second kappa shape index (κ2) is 7.88. The number of amidine groups is 1. The SMILES string of the molecule is COc1ccc(/C(N)=N/O)cc1COC1CCCCCC1. The van der Waals surface area contributed by atoms with Crippen LogP contribution in [0, 0.1) is 0 Å². The maximum atomic E-state index is 8.77. The molecule has 116 valence electrons. The molecule has 1 aliphatic rings. The molecule has 0 atom stereocenters. The summed E-state index contributed by atoms with van der Waals surface area (Å²) in [6.07, 6.45) is 7.68. The summed E-state index contributed by atoms with van der Waals surface area (Å²) in [5, 5.41) is 11.8. The molecule has 5 heteroatoms. The standard InChI is InChI=1S/C16H24N2O3/c1-20-15-9-8-12(16(17)18-19)10-13(15)11-21-14-6-4-2-3-5-7-14/h8-10,14,19H,2-7,11H2,1H3,(H2,17,18). The molecule has 0 radical (unpaired) electrons. The molecule has 3 N–H and O–H groups in total. The first kappa shape index (κ1) is 15.6. The smallest absolute Gasteiger partial charge is 0.170 e. The van der Waals surface area contributed by atoms with Gasteiger partial charge in [0.15, 0.2) is 5.84 Å². The van der Waals surface area contributed by atoms with Crippen molar-refractivity contribution in [2.24, 2.45) is 10.9 Å². The first-order chi connectivity index (χ1) is 10.2. The third-order valence-electron chi connectivity index (χ3n) is 3.96. The summed E-state index contributed by atoms with van der Waals surface area (Å²) in [6, 6.07) is 5.44. The van der Waals surface area contributed by atoms with Gasteiger partial charge in [0.2, 0.25) is 0 Å². The van der Waals surface area contributed by atoms with Gasteiger partial charge in [-0.25, -0.2) is 0 Å². The Morgan fingerprint density at radius 1 is 1.29 bits per heavy atom. The first-order valence-corrected chi connectivity index (χ1v) is 7.51. The number of rotatable bonds is 5. The van der Waals surface area contributed by atoms with Crippen molar-refractivity contribution in [3.63, 3.8) is 0 Å². The Hall–Kier alpha value is -1.75. The molecule has 0 heterocycles. The average molecular weight is 292 g/mol. The number of ether oxygens (including phenoxy) is 2. The van der Waals surface area contributed by atoms with Gasteiger partial charge >= 0.3 is 0 Å². The van der Waals surface area contributed by atoms with Crippen LogP contribution in [0.5, 0.6) is 5.75 Å². The summed E-state index contributed by atoms with van der Waals surface area (Å²) in [6.45, 7) is 0.486. The van der Waals surface area contributed by atoms with Crippen LogP contribution in [0.3, 0.4) is 0 Å². The lowest BCUT2D eigenvalue weighted by molar-refractivity contribution is 0.0300. The highest BCUT2D eigenvalue weighted by atomic mass is 16.5. The molecule has 0 spiro atoms. The van der Waals surface area contributed by atoms with Gasteiger partial charge in [-0.3, -0.25) is 0 Å². The van der Waals surface area contributed by atoms with Crippen LogP contribution in [0.15, 0.2) is 23.4 Å². The van der Waals surface area contributed by atoms with Crippen molar-refractivity contribution in [1.82, 2.24) is 0 Å². The van der Waals surface area contributed by atoms with E-state index in [1.165, 1.54) is 25.7 Å². The van der Waals surface area contributed by atoms with Gasteiger partial charge in [-0.05, 0) is 31.0 Å². The maximum absolute atomic E-state index is 8.77. The van der Waals surface area contributed by atoms with E-state index in [0.29, 0.717) is 18.3 Å². The van der Waals surface area contributed by atoms with E-state index >= 15 is 0 Å². The van der Waals surface area contributed by atoms with Crippen molar-refractivity contribution in [3.05, 3.63) is 29.3 Å². The summed E-state index contributed by atoms with van der Waals surface area (Å²) in [4.78, 5) is 0. The van der Waals surface area contributed by atoms with Crippen LogP contribution < -0.4 is 10.5 Å². The number of hydrogen-bond acceptors (Lipinski definition) is 4. The molecule has 0 saturated heterocycles. The molecule has 1 aromatic rings. The van der Waals surface area contributed by atoms with E-state index in [1.807, 2.05) is 12.1 Å². The number of hydrogen-bond donors (Lipinski definition) is 2. The second-order valence-electron chi connectivity index (χ2n) is 5.44. The first-order valence-electron chi connectivity index (χ1n) is 7.51. The van der Waals surface area contributed by atoms with E-state index in [4.69, 9.17) is 20.4 Å². The molecule has 0 unspecified atom stereocenters. The number of oxime groups is 1. The predicted octanol–water partition coefficient (Wildman–Crippen LogP) is 3.03. The summed E-state index contributed by atoms with van der Waals surface area (Å²) in [5.41, 5.74) is 7.22. The highest BCUT2D eigenvalue weighted by molar-refractivity contribution is 5.97. The minimum absolute atomic E-state index is 0.0911. The Morgan fingerprint density at radius 3 is 2.62 bits per heavy atom. The Kier molecular flexibility index (Phi) is 5.87. The monoisotopic (exact) mass is 292 g/mol. The van der Waals surface area contributed by atoms with Gasteiger partial charge < -0.3 is 20.4 Å². The molecule has 5 nitrogen and oxygen atoms in total. The fraction of sp³-hybridized carbons (Fsp3) is 0.562. The number of methoxy groups -OCH3 is 1. The quantitative estimate of drug-likeness (QED) is 0.287. The minimum Gasteiger partial charge on any atom is -0.496 e. The molecule has 1 aliphatic carbocycles. The molecule has 2 rings (SSSR count). The van der Waals surface area contributed by atoms with E-state index < -0.39 is 0 Å². The summed E-state index contributed by atoms with van der Waals surface area (Å²) < 4.78 is 11.4. The van der Waals surface area contributed by atoms with E-state index in [2.05, 4.69) is 5.16 Å². The molecule has 1 aromatic carbocycles. The molecule has 1 fully saturated rings. The third kappa shape index (κ3) is 4.36. The summed E-state index contributed by atoms with van der Waals surface area (Å²) in [7, 11) is 1.63. The Labute approximate surface area is 125 Å². The predicted molar refractivity (Wildman–Crippen MR) is 81.8 cm³/mol. The summed E-state index contributed by atoms with van der Waals surface area (Å²) in [5.74, 6) is 0.853. The van der Waals surface area contributed by atoms with Gasteiger partial charge in [0.25, 0.3) is 0 Å². The van der Waals surface area contributed by atoms with Crippen molar-refractivity contribution in [3.8, 4) is 5.75 Å². The number of benzene rings is 1. The molecule has 0 aliphatic heterocycles. The molecule has 21 heavy (non-hydrogen) atoms. The van der Waals surface area contributed by atoms with Crippen LogP contribution >= 0.6 is 0 Å². The van der Waals surface area contributed by atoms with Crippen molar-refractivity contribution < 1.29 is 14.7 Å². The van der Waals surface area contributed by atoms with Crippen LogP contribution in [-0.4, -0.2) is 24.3 Å². The maximum Gasteiger partial charge on any atom is 0.170 e. The fourth-order valence-corrected chi connectivity index (χ4v) is 2.72.